The van der Waals surface area contributed by atoms with Gasteiger partial charge in [-0.15, -0.1) is 0 Å². The van der Waals surface area contributed by atoms with Crippen LogP contribution in [0.3, 0.4) is 0 Å². The quantitative estimate of drug-likeness (QED) is 0.840. The summed E-state index contributed by atoms with van der Waals surface area (Å²) in [6.07, 6.45) is 1.35. The minimum Gasteiger partial charge on any atom is -0.324 e. The molecular weight excluding hydrogens is 267 g/mol. The lowest BCUT2D eigenvalue weighted by Crippen LogP contribution is -2.49. The van der Waals surface area contributed by atoms with Crippen molar-refractivity contribution in [3.63, 3.8) is 0 Å². The van der Waals surface area contributed by atoms with Gasteiger partial charge in [0.25, 0.3) is 0 Å². The second-order valence-corrected chi connectivity index (χ2v) is 6.54. The van der Waals surface area contributed by atoms with E-state index in [9.17, 15) is 12.8 Å². The van der Waals surface area contributed by atoms with Crippen molar-refractivity contribution in [1.29, 1.82) is 0 Å². The average Bonchev–Trinajstić information content (AvgIpc) is 2.35. The lowest BCUT2D eigenvalue weighted by Gasteiger charge is -2.26. The van der Waals surface area contributed by atoms with Crippen molar-refractivity contribution < 1.29 is 12.8 Å². The third kappa shape index (κ3) is 3.99. The van der Waals surface area contributed by atoms with E-state index in [2.05, 4.69) is 4.72 Å². The van der Waals surface area contributed by atoms with Gasteiger partial charge >= 0.3 is 0 Å². The van der Waals surface area contributed by atoms with Crippen molar-refractivity contribution in [3.8, 4) is 0 Å². The SMILES string of the molecule is CCC(N)(CC)CNS(=O)(=O)c1ccc(F)cc1C. The minimum atomic E-state index is -3.66. The summed E-state index contributed by atoms with van der Waals surface area (Å²) in [5.41, 5.74) is 5.88. The summed E-state index contributed by atoms with van der Waals surface area (Å²) in [5.74, 6) is -0.452. The van der Waals surface area contributed by atoms with Gasteiger partial charge in [-0.25, -0.2) is 17.5 Å². The molecule has 0 spiro atoms. The van der Waals surface area contributed by atoms with Crippen LogP contribution in [0.5, 0.6) is 0 Å². The Morgan fingerprint density at radius 1 is 1.32 bits per heavy atom. The number of hydrogen-bond acceptors (Lipinski definition) is 3. The molecule has 0 atom stereocenters. The first kappa shape index (κ1) is 16.1. The van der Waals surface area contributed by atoms with Crippen LogP contribution in [0, 0.1) is 12.7 Å². The standard InChI is InChI=1S/C13H21FN2O2S/c1-4-13(15,5-2)9-16-19(17,18)12-7-6-11(14)8-10(12)3/h6-8,16H,4-5,9,15H2,1-3H3. The fourth-order valence-electron chi connectivity index (χ4n) is 1.73. The van der Waals surface area contributed by atoms with E-state index in [1.54, 1.807) is 6.92 Å². The number of halogens is 1. The predicted molar refractivity (Wildman–Crippen MR) is 73.8 cm³/mol. The van der Waals surface area contributed by atoms with E-state index in [-0.39, 0.29) is 11.4 Å². The number of nitrogens with one attached hydrogen (secondary N) is 1. The first-order valence-corrected chi connectivity index (χ1v) is 7.77. The van der Waals surface area contributed by atoms with Gasteiger partial charge in [-0.1, -0.05) is 13.8 Å². The van der Waals surface area contributed by atoms with Crippen molar-refractivity contribution in [3.05, 3.63) is 29.6 Å². The molecule has 0 saturated carbocycles. The highest BCUT2D eigenvalue weighted by molar-refractivity contribution is 7.89. The van der Waals surface area contributed by atoms with Crippen LogP contribution in [0.2, 0.25) is 0 Å². The molecule has 0 fully saturated rings. The highest BCUT2D eigenvalue weighted by Gasteiger charge is 2.24. The molecular formula is C13H21FN2O2S. The van der Waals surface area contributed by atoms with Crippen LogP contribution >= 0.6 is 0 Å². The molecule has 0 bridgehead atoms. The topological polar surface area (TPSA) is 72.2 Å². The summed E-state index contributed by atoms with van der Waals surface area (Å²) in [7, 11) is -3.66. The van der Waals surface area contributed by atoms with Crippen LogP contribution in [0.25, 0.3) is 0 Å². The Kier molecular flexibility index (Phi) is 5.06. The molecule has 1 aromatic carbocycles. The Hall–Kier alpha value is -0.980. The predicted octanol–water partition coefficient (Wildman–Crippen LogP) is 1.93. The van der Waals surface area contributed by atoms with Gasteiger partial charge in [0.1, 0.15) is 5.82 Å². The Bertz CT molecular complexity index is 540. The number of rotatable bonds is 6. The highest BCUT2D eigenvalue weighted by Crippen LogP contribution is 2.17. The molecule has 19 heavy (non-hydrogen) atoms. The van der Waals surface area contributed by atoms with Crippen LogP contribution in [0.4, 0.5) is 4.39 Å². The fourth-order valence-corrected chi connectivity index (χ4v) is 3.09. The normalized spacial score (nSPS) is 12.7. The van der Waals surface area contributed by atoms with Crippen LogP contribution < -0.4 is 10.5 Å². The molecule has 0 amide bonds. The zero-order valence-electron chi connectivity index (χ0n) is 11.5. The molecule has 0 heterocycles. The van der Waals surface area contributed by atoms with Crippen molar-refractivity contribution in [2.24, 2.45) is 5.73 Å². The maximum absolute atomic E-state index is 13.0. The lowest BCUT2D eigenvalue weighted by atomic mass is 9.95. The van der Waals surface area contributed by atoms with Crippen molar-refractivity contribution in [2.75, 3.05) is 6.54 Å². The summed E-state index contributed by atoms with van der Waals surface area (Å²) >= 11 is 0. The Balaban J connectivity index is 2.93. The number of aryl methyl sites for hydroxylation is 1. The maximum Gasteiger partial charge on any atom is 0.240 e. The zero-order chi connectivity index (χ0) is 14.7. The van der Waals surface area contributed by atoms with Crippen molar-refractivity contribution >= 4 is 10.0 Å². The second-order valence-electron chi connectivity index (χ2n) is 4.80. The van der Waals surface area contributed by atoms with Gasteiger partial charge in [0.15, 0.2) is 0 Å². The van der Waals surface area contributed by atoms with Crippen LogP contribution in [-0.2, 0) is 10.0 Å². The molecule has 1 aromatic rings. The van der Waals surface area contributed by atoms with Crippen molar-refractivity contribution in [1.82, 2.24) is 4.72 Å². The third-order valence-electron chi connectivity index (χ3n) is 3.45. The number of benzene rings is 1. The molecule has 4 nitrogen and oxygen atoms in total. The first-order chi connectivity index (χ1) is 8.74. The van der Waals surface area contributed by atoms with E-state index in [0.717, 1.165) is 6.07 Å². The van der Waals surface area contributed by atoms with Gasteiger partial charge in [0.05, 0.1) is 4.90 Å². The van der Waals surface area contributed by atoms with Gasteiger partial charge in [0.2, 0.25) is 10.0 Å². The minimum absolute atomic E-state index is 0.0865. The van der Waals surface area contributed by atoms with E-state index < -0.39 is 21.4 Å². The van der Waals surface area contributed by atoms with Crippen LogP contribution in [-0.4, -0.2) is 20.5 Å². The summed E-state index contributed by atoms with van der Waals surface area (Å²) in [5, 5.41) is 0. The van der Waals surface area contributed by atoms with E-state index in [4.69, 9.17) is 5.73 Å². The first-order valence-electron chi connectivity index (χ1n) is 6.29. The largest absolute Gasteiger partial charge is 0.324 e. The second kappa shape index (κ2) is 5.98. The molecule has 1 rings (SSSR count). The van der Waals surface area contributed by atoms with Gasteiger partial charge in [0, 0.05) is 12.1 Å². The number of hydrogen-bond donors (Lipinski definition) is 2. The molecule has 0 radical (unpaired) electrons. The molecule has 108 valence electrons. The van der Waals surface area contributed by atoms with E-state index in [1.807, 2.05) is 13.8 Å². The van der Waals surface area contributed by atoms with Gasteiger partial charge in [-0.2, -0.15) is 0 Å². The van der Waals surface area contributed by atoms with Crippen LogP contribution in [0.15, 0.2) is 23.1 Å². The van der Waals surface area contributed by atoms with E-state index in [0.29, 0.717) is 18.4 Å². The molecule has 0 saturated heterocycles. The molecule has 6 heteroatoms. The van der Waals surface area contributed by atoms with Gasteiger partial charge in [-0.3, -0.25) is 0 Å². The van der Waals surface area contributed by atoms with Crippen molar-refractivity contribution in [2.45, 2.75) is 44.0 Å². The Morgan fingerprint density at radius 2 is 1.89 bits per heavy atom. The summed E-state index contributed by atoms with van der Waals surface area (Å²) in [6, 6.07) is 3.60. The smallest absolute Gasteiger partial charge is 0.240 e. The monoisotopic (exact) mass is 288 g/mol. The molecule has 0 aliphatic carbocycles. The van der Waals surface area contributed by atoms with Gasteiger partial charge < -0.3 is 5.73 Å². The molecule has 0 aromatic heterocycles. The molecule has 0 aliphatic rings. The fraction of sp³-hybridized carbons (Fsp3) is 0.538. The third-order valence-corrected chi connectivity index (χ3v) is 5.01. The number of sulfonamides is 1. The Morgan fingerprint density at radius 3 is 2.37 bits per heavy atom. The van der Waals surface area contributed by atoms with Gasteiger partial charge in [-0.05, 0) is 43.5 Å². The zero-order valence-corrected chi connectivity index (χ0v) is 12.3. The molecule has 0 unspecified atom stereocenters. The summed E-state index contributed by atoms with van der Waals surface area (Å²) in [4.78, 5) is 0.0865. The average molecular weight is 288 g/mol. The summed E-state index contributed by atoms with van der Waals surface area (Å²) < 4.78 is 39.8. The number of nitrogens with two attached hydrogens (primary N) is 1. The molecule has 3 N–H and O–H groups in total. The summed E-state index contributed by atoms with van der Waals surface area (Å²) in [6.45, 7) is 5.56. The maximum atomic E-state index is 13.0. The van der Waals surface area contributed by atoms with E-state index in [1.165, 1.54) is 12.1 Å². The lowest BCUT2D eigenvalue weighted by molar-refractivity contribution is 0.391. The highest BCUT2D eigenvalue weighted by atomic mass is 32.2. The Labute approximate surface area is 114 Å². The van der Waals surface area contributed by atoms with Crippen LogP contribution in [0.1, 0.15) is 32.3 Å². The van der Waals surface area contributed by atoms with E-state index >= 15 is 0 Å². The molecule has 0 aliphatic heterocycles.